The Balaban J connectivity index is 2.65. The summed E-state index contributed by atoms with van der Waals surface area (Å²) in [5, 5.41) is 4.32. The summed E-state index contributed by atoms with van der Waals surface area (Å²) in [6.45, 7) is 8.10. The van der Waals surface area contributed by atoms with Crippen molar-refractivity contribution in [3.8, 4) is 0 Å². The number of pyridine rings is 1. The maximum atomic E-state index is 4.32. The van der Waals surface area contributed by atoms with Crippen molar-refractivity contribution in [1.82, 2.24) is 9.61 Å². The van der Waals surface area contributed by atoms with Gasteiger partial charge in [0.25, 0.3) is 0 Å². The fourth-order valence-electron chi connectivity index (χ4n) is 1.59. The number of hydrogen-bond donors (Lipinski definition) is 0. The van der Waals surface area contributed by atoms with Gasteiger partial charge in [0.15, 0.2) is 0 Å². The van der Waals surface area contributed by atoms with E-state index in [0.717, 1.165) is 5.56 Å². The van der Waals surface area contributed by atoms with Crippen molar-refractivity contribution in [3.63, 3.8) is 0 Å². The van der Waals surface area contributed by atoms with E-state index in [1.807, 2.05) is 23.0 Å². The van der Waals surface area contributed by atoms with Gasteiger partial charge >= 0.3 is 0 Å². The number of hydrogen-bond acceptors (Lipinski definition) is 1. The molecule has 0 aliphatic heterocycles. The second-order valence-electron chi connectivity index (χ2n) is 3.75. The normalized spacial score (nSPS) is 11.1. The summed E-state index contributed by atoms with van der Waals surface area (Å²) in [5.41, 5.74) is 3.57. The highest BCUT2D eigenvalue weighted by Gasteiger charge is 2.06. The molecule has 0 aliphatic carbocycles. The number of aromatic nitrogens is 2. The van der Waals surface area contributed by atoms with Crippen LogP contribution in [0.25, 0.3) is 11.6 Å². The van der Waals surface area contributed by atoms with E-state index in [1.54, 1.807) is 0 Å². The molecule has 2 heterocycles. The zero-order valence-electron chi connectivity index (χ0n) is 8.57. The van der Waals surface area contributed by atoms with Gasteiger partial charge in [-0.2, -0.15) is 5.10 Å². The molecule has 2 heteroatoms. The van der Waals surface area contributed by atoms with Crippen LogP contribution in [0.5, 0.6) is 0 Å². The highest BCUT2D eigenvalue weighted by atomic mass is 15.2. The number of fused-ring (bicyclic) bond motifs is 1. The fraction of sp³-hybridized carbons (Fsp3) is 0.250. The lowest BCUT2D eigenvalue weighted by atomic mass is 10.1. The van der Waals surface area contributed by atoms with Crippen LogP contribution < -0.4 is 0 Å². The molecule has 0 saturated carbocycles. The Bertz CT molecular complexity index is 466. The first-order valence-electron chi connectivity index (χ1n) is 4.82. The van der Waals surface area contributed by atoms with Crippen LogP contribution in [0.15, 0.2) is 31.1 Å². The first-order chi connectivity index (χ1) is 6.72. The van der Waals surface area contributed by atoms with Gasteiger partial charge in [-0.3, -0.25) is 0 Å². The minimum absolute atomic E-state index is 0.516. The molecule has 0 saturated heterocycles. The summed E-state index contributed by atoms with van der Waals surface area (Å²) in [4.78, 5) is 0. The topological polar surface area (TPSA) is 17.3 Å². The van der Waals surface area contributed by atoms with Gasteiger partial charge in [0, 0.05) is 11.8 Å². The molecular weight excluding hydrogens is 172 g/mol. The van der Waals surface area contributed by atoms with Crippen molar-refractivity contribution in [1.29, 1.82) is 0 Å². The molecule has 0 spiro atoms. The number of nitrogens with zero attached hydrogens (tertiary/aromatic N) is 2. The Kier molecular flexibility index (Phi) is 2.12. The molecule has 0 aliphatic rings. The Morgan fingerprint density at radius 2 is 2.21 bits per heavy atom. The van der Waals surface area contributed by atoms with Crippen LogP contribution >= 0.6 is 0 Å². The van der Waals surface area contributed by atoms with Crippen LogP contribution in [0.1, 0.15) is 30.9 Å². The van der Waals surface area contributed by atoms with Crippen molar-refractivity contribution in [2.45, 2.75) is 19.8 Å². The quantitative estimate of drug-likeness (QED) is 0.704. The zero-order chi connectivity index (χ0) is 10.1. The van der Waals surface area contributed by atoms with Gasteiger partial charge in [-0.25, -0.2) is 4.52 Å². The van der Waals surface area contributed by atoms with E-state index < -0.39 is 0 Å². The van der Waals surface area contributed by atoms with Crippen LogP contribution in [0.4, 0.5) is 0 Å². The summed E-state index contributed by atoms with van der Waals surface area (Å²) < 4.78 is 1.91. The Morgan fingerprint density at radius 3 is 2.86 bits per heavy atom. The molecule has 2 rings (SSSR count). The number of rotatable bonds is 2. The smallest absolute Gasteiger partial charge is 0.0696 e. The molecule has 2 aromatic heterocycles. The Hall–Kier alpha value is -1.57. The van der Waals surface area contributed by atoms with E-state index in [-0.39, 0.29) is 0 Å². The van der Waals surface area contributed by atoms with Crippen LogP contribution in [-0.2, 0) is 0 Å². The van der Waals surface area contributed by atoms with Crippen molar-refractivity contribution < 1.29 is 0 Å². The summed E-state index contributed by atoms with van der Waals surface area (Å²) in [7, 11) is 0. The van der Waals surface area contributed by atoms with Crippen LogP contribution in [0.2, 0.25) is 0 Å². The van der Waals surface area contributed by atoms with Gasteiger partial charge in [0.1, 0.15) is 0 Å². The van der Waals surface area contributed by atoms with Gasteiger partial charge in [-0.15, -0.1) is 0 Å². The molecule has 0 atom stereocenters. The maximum absolute atomic E-state index is 4.32. The molecule has 72 valence electrons. The monoisotopic (exact) mass is 186 g/mol. The van der Waals surface area contributed by atoms with Crippen molar-refractivity contribution in [2.75, 3.05) is 0 Å². The van der Waals surface area contributed by atoms with E-state index in [4.69, 9.17) is 0 Å². The first-order valence-corrected chi connectivity index (χ1v) is 4.82. The second kappa shape index (κ2) is 3.29. The predicted octanol–water partition coefficient (Wildman–Crippen LogP) is 3.10. The molecule has 2 nitrogen and oxygen atoms in total. The van der Waals surface area contributed by atoms with Crippen LogP contribution in [-0.4, -0.2) is 9.61 Å². The minimum Gasteiger partial charge on any atom is -0.240 e. The van der Waals surface area contributed by atoms with E-state index in [1.165, 1.54) is 11.1 Å². The van der Waals surface area contributed by atoms with E-state index in [2.05, 4.69) is 37.7 Å². The maximum Gasteiger partial charge on any atom is 0.0696 e. The van der Waals surface area contributed by atoms with Gasteiger partial charge in [0.05, 0.1) is 11.7 Å². The molecule has 0 radical (unpaired) electrons. The van der Waals surface area contributed by atoms with Crippen molar-refractivity contribution >= 4 is 11.6 Å². The molecule has 0 amide bonds. The lowest BCUT2D eigenvalue weighted by Gasteiger charge is -2.02. The molecule has 14 heavy (non-hydrogen) atoms. The third-order valence-electron chi connectivity index (χ3n) is 2.43. The van der Waals surface area contributed by atoms with Crippen LogP contribution in [0.3, 0.4) is 0 Å². The van der Waals surface area contributed by atoms with Gasteiger partial charge < -0.3 is 0 Å². The van der Waals surface area contributed by atoms with E-state index >= 15 is 0 Å². The average Bonchev–Trinajstić information content (AvgIpc) is 2.59. The molecule has 0 fully saturated rings. The zero-order valence-corrected chi connectivity index (χ0v) is 8.57. The largest absolute Gasteiger partial charge is 0.240 e. The molecular formula is C12H14N2. The van der Waals surface area contributed by atoms with Crippen LogP contribution in [0, 0.1) is 0 Å². The summed E-state index contributed by atoms with van der Waals surface area (Å²) in [6.07, 6.45) is 5.76. The summed E-state index contributed by atoms with van der Waals surface area (Å²) >= 11 is 0. The van der Waals surface area contributed by atoms with Crippen molar-refractivity contribution in [2.24, 2.45) is 0 Å². The van der Waals surface area contributed by atoms with E-state index in [9.17, 15) is 0 Å². The third-order valence-corrected chi connectivity index (χ3v) is 2.43. The first kappa shape index (κ1) is 9.00. The van der Waals surface area contributed by atoms with Gasteiger partial charge in [-0.05, 0) is 17.5 Å². The predicted molar refractivity (Wildman–Crippen MR) is 59.4 cm³/mol. The average molecular weight is 186 g/mol. The summed E-state index contributed by atoms with van der Waals surface area (Å²) in [5.74, 6) is 0.516. The van der Waals surface area contributed by atoms with Gasteiger partial charge in [-0.1, -0.05) is 32.6 Å². The molecule has 0 bridgehead atoms. The highest BCUT2D eigenvalue weighted by molar-refractivity contribution is 5.58. The second-order valence-corrected chi connectivity index (χ2v) is 3.75. The third kappa shape index (κ3) is 1.33. The SMILES string of the molecule is C=Cc1ccc2c(C(C)C)cnn2c1. The molecule has 0 unspecified atom stereocenters. The summed E-state index contributed by atoms with van der Waals surface area (Å²) in [6, 6.07) is 4.16. The standard InChI is InChI=1S/C12H14N2/c1-4-10-5-6-12-11(9(2)3)7-13-14(12)8-10/h4-9H,1H2,2-3H3. The lowest BCUT2D eigenvalue weighted by Crippen LogP contribution is -1.89. The molecule has 2 aromatic rings. The molecule has 0 N–H and O–H groups in total. The molecule has 0 aromatic carbocycles. The van der Waals surface area contributed by atoms with Crippen molar-refractivity contribution in [3.05, 3.63) is 42.2 Å². The Morgan fingerprint density at radius 1 is 1.43 bits per heavy atom. The minimum atomic E-state index is 0.516. The van der Waals surface area contributed by atoms with Gasteiger partial charge in [0.2, 0.25) is 0 Å². The lowest BCUT2D eigenvalue weighted by molar-refractivity contribution is 0.875. The Labute approximate surface area is 83.9 Å². The highest BCUT2D eigenvalue weighted by Crippen LogP contribution is 2.20. The fourth-order valence-corrected chi connectivity index (χ4v) is 1.59. The van der Waals surface area contributed by atoms with E-state index in [0.29, 0.717) is 5.92 Å².